The van der Waals surface area contributed by atoms with E-state index in [0.29, 0.717) is 12.0 Å². The molecule has 2 rings (SSSR count). The zero-order valence-corrected chi connectivity index (χ0v) is 11.1. The van der Waals surface area contributed by atoms with Gasteiger partial charge in [-0.05, 0) is 36.6 Å². The van der Waals surface area contributed by atoms with Gasteiger partial charge in [0, 0.05) is 12.8 Å². The van der Waals surface area contributed by atoms with Gasteiger partial charge in [0.25, 0.3) is 0 Å². The van der Waals surface area contributed by atoms with Gasteiger partial charge in [-0.2, -0.15) is 0 Å². The van der Waals surface area contributed by atoms with Crippen LogP contribution in [0.2, 0.25) is 0 Å². The largest absolute Gasteiger partial charge is 0.490 e. The van der Waals surface area contributed by atoms with Gasteiger partial charge < -0.3 is 15.2 Å². The zero-order chi connectivity index (χ0) is 12.8. The molecule has 0 aromatic heterocycles. The number of benzene rings is 1. The number of ether oxygens (including phenoxy) is 2. The molecule has 3 heteroatoms. The van der Waals surface area contributed by atoms with Crippen LogP contribution in [-0.4, -0.2) is 25.9 Å². The second-order valence-corrected chi connectivity index (χ2v) is 4.98. The molecule has 1 aromatic carbocycles. The van der Waals surface area contributed by atoms with Crippen molar-refractivity contribution in [3.8, 4) is 5.75 Å². The SMILES string of the molecule is CC(CCN)c1ccc(OC2CCOCC2)cc1. The molecule has 1 aliphatic rings. The fourth-order valence-corrected chi connectivity index (χ4v) is 2.28. The van der Waals surface area contributed by atoms with Crippen LogP contribution in [0.15, 0.2) is 24.3 Å². The van der Waals surface area contributed by atoms with Crippen molar-refractivity contribution in [1.82, 2.24) is 0 Å². The van der Waals surface area contributed by atoms with E-state index in [-0.39, 0.29) is 0 Å². The van der Waals surface area contributed by atoms with Crippen molar-refractivity contribution < 1.29 is 9.47 Å². The standard InChI is InChI=1S/C15H23NO2/c1-12(6-9-16)13-2-4-14(5-3-13)18-15-7-10-17-11-8-15/h2-5,12,15H,6-11,16H2,1H3. The van der Waals surface area contributed by atoms with Crippen LogP contribution < -0.4 is 10.5 Å². The van der Waals surface area contributed by atoms with Gasteiger partial charge in [-0.25, -0.2) is 0 Å². The van der Waals surface area contributed by atoms with E-state index in [2.05, 4.69) is 31.2 Å². The summed E-state index contributed by atoms with van der Waals surface area (Å²) >= 11 is 0. The molecule has 0 radical (unpaired) electrons. The molecule has 18 heavy (non-hydrogen) atoms. The molecule has 0 saturated carbocycles. The maximum atomic E-state index is 5.95. The summed E-state index contributed by atoms with van der Waals surface area (Å²) in [5.41, 5.74) is 6.92. The molecule has 1 saturated heterocycles. The Morgan fingerprint density at radius 1 is 1.28 bits per heavy atom. The van der Waals surface area contributed by atoms with Gasteiger partial charge in [0.1, 0.15) is 11.9 Å². The summed E-state index contributed by atoms with van der Waals surface area (Å²) in [7, 11) is 0. The minimum absolute atomic E-state index is 0.311. The Labute approximate surface area is 109 Å². The van der Waals surface area contributed by atoms with E-state index in [1.54, 1.807) is 0 Å². The first-order chi connectivity index (χ1) is 8.79. The van der Waals surface area contributed by atoms with Crippen molar-refractivity contribution in [2.75, 3.05) is 19.8 Å². The predicted octanol–water partition coefficient (Wildman–Crippen LogP) is 2.70. The Kier molecular flexibility index (Phi) is 5.02. The van der Waals surface area contributed by atoms with Crippen LogP contribution in [0.25, 0.3) is 0 Å². The Morgan fingerprint density at radius 2 is 1.94 bits per heavy atom. The van der Waals surface area contributed by atoms with E-state index in [9.17, 15) is 0 Å². The monoisotopic (exact) mass is 249 g/mol. The van der Waals surface area contributed by atoms with Crippen molar-refractivity contribution in [1.29, 1.82) is 0 Å². The average Bonchev–Trinajstić information content (AvgIpc) is 2.41. The first kappa shape index (κ1) is 13.4. The third kappa shape index (κ3) is 3.72. The van der Waals surface area contributed by atoms with E-state index in [4.69, 9.17) is 15.2 Å². The van der Waals surface area contributed by atoms with Crippen LogP contribution >= 0.6 is 0 Å². The topological polar surface area (TPSA) is 44.5 Å². The number of rotatable bonds is 5. The van der Waals surface area contributed by atoms with E-state index in [1.807, 2.05) is 0 Å². The van der Waals surface area contributed by atoms with Crippen LogP contribution in [0.5, 0.6) is 5.75 Å². The molecule has 3 nitrogen and oxygen atoms in total. The highest BCUT2D eigenvalue weighted by molar-refractivity contribution is 5.29. The van der Waals surface area contributed by atoms with E-state index in [1.165, 1.54) is 5.56 Å². The summed E-state index contributed by atoms with van der Waals surface area (Å²) in [5, 5.41) is 0. The van der Waals surface area contributed by atoms with Crippen LogP contribution in [0.1, 0.15) is 37.7 Å². The molecule has 2 N–H and O–H groups in total. The molecule has 100 valence electrons. The Morgan fingerprint density at radius 3 is 2.56 bits per heavy atom. The summed E-state index contributed by atoms with van der Waals surface area (Å²) < 4.78 is 11.3. The van der Waals surface area contributed by atoms with Crippen molar-refractivity contribution >= 4 is 0 Å². The van der Waals surface area contributed by atoms with Gasteiger partial charge >= 0.3 is 0 Å². The minimum atomic E-state index is 0.311. The van der Waals surface area contributed by atoms with Gasteiger partial charge in [0.05, 0.1) is 13.2 Å². The molecule has 1 heterocycles. The van der Waals surface area contributed by atoms with Gasteiger partial charge in [0.2, 0.25) is 0 Å². The van der Waals surface area contributed by atoms with Crippen molar-refractivity contribution in [2.45, 2.75) is 38.2 Å². The summed E-state index contributed by atoms with van der Waals surface area (Å²) in [5.74, 6) is 1.48. The summed E-state index contributed by atoms with van der Waals surface area (Å²) in [4.78, 5) is 0. The number of hydrogen-bond acceptors (Lipinski definition) is 3. The summed E-state index contributed by atoms with van der Waals surface area (Å²) in [6, 6.07) is 8.43. The van der Waals surface area contributed by atoms with Crippen molar-refractivity contribution in [3.05, 3.63) is 29.8 Å². The Hall–Kier alpha value is -1.06. The van der Waals surface area contributed by atoms with Gasteiger partial charge in [-0.1, -0.05) is 19.1 Å². The quantitative estimate of drug-likeness (QED) is 0.872. The second-order valence-electron chi connectivity index (χ2n) is 4.98. The third-order valence-corrected chi connectivity index (χ3v) is 3.52. The normalized spacial score (nSPS) is 18.6. The zero-order valence-electron chi connectivity index (χ0n) is 11.1. The Bertz CT molecular complexity index is 344. The second kappa shape index (κ2) is 6.76. The van der Waals surface area contributed by atoms with Crippen molar-refractivity contribution in [2.24, 2.45) is 5.73 Å². The van der Waals surface area contributed by atoms with Gasteiger partial charge in [-0.15, -0.1) is 0 Å². The lowest BCUT2D eigenvalue weighted by Gasteiger charge is -2.23. The molecule has 1 atom stereocenters. The number of hydrogen-bond donors (Lipinski definition) is 1. The first-order valence-electron chi connectivity index (χ1n) is 6.84. The highest BCUT2D eigenvalue weighted by Crippen LogP contribution is 2.23. The smallest absolute Gasteiger partial charge is 0.119 e. The number of nitrogens with two attached hydrogens (primary N) is 1. The molecule has 0 aliphatic carbocycles. The highest BCUT2D eigenvalue weighted by Gasteiger charge is 2.15. The lowest BCUT2D eigenvalue weighted by Crippen LogP contribution is -2.25. The lowest BCUT2D eigenvalue weighted by molar-refractivity contribution is 0.0255. The van der Waals surface area contributed by atoms with Gasteiger partial charge in [-0.3, -0.25) is 0 Å². The molecule has 1 fully saturated rings. The maximum Gasteiger partial charge on any atom is 0.119 e. The van der Waals surface area contributed by atoms with Gasteiger partial charge in [0.15, 0.2) is 0 Å². The molecule has 1 aliphatic heterocycles. The molecule has 0 bridgehead atoms. The van der Waals surface area contributed by atoms with Crippen LogP contribution in [0.3, 0.4) is 0 Å². The molecular formula is C15H23NO2. The fourth-order valence-electron chi connectivity index (χ4n) is 2.28. The Balaban J connectivity index is 1.90. The fraction of sp³-hybridized carbons (Fsp3) is 0.600. The molecule has 1 unspecified atom stereocenters. The average molecular weight is 249 g/mol. The van der Waals surface area contributed by atoms with Crippen LogP contribution in [-0.2, 0) is 4.74 Å². The minimum Gasteiger partial charge on any atom is -0.490 e. The maximum absolute atomic E-state index is 5.95. The van der Waals surface area contributed by atoms with E-state index < -0.39 is 0 Å². The van der Waals surface area contributed by atoms with Crippen LogP contribution in [0.4, 0.5) is 0 Å². The van der Waals surface area contributed by atoms with Crippen LogP contribution in [0, 0.1) is 0 Å². The lowest BCUT2D eigenvalue weighted by atomic mass is 9.98. The third-order valence-electron chi connectivity index (χ3n) is 3.52. The molecule has 1 aromatic rings. The molecule has 0 amide bonds. The molecular weight excluding hydrogens is 226 g/mol. The van der Waals surface area contributed by atoms with Crippen molar-refractivity contribution in [3.63, 3.8) is 0 Å². The highest BCUT2D eigenvalue weighted by atomic mass is 16.5. The predicted molar refractivity (Wildman–Crippen MR) is 73.0 cm³/mol. The van der Waals surface area contributed by atoms with E-state index >= 15 is 0 Å². The summed E-state index contributed by atoms with van der Waals surface area (Å²) in [6.45, 7) is 4.58. The molecule has 0 spiro atoms. The summed E-state index contributed by atoms with van der Waals surface area (Å²) in [6.07, 6.45) is 3.32. The first-order valence-corrected chi connectivity index (χ1v) is 6.84. The van der Waals surface area contributed by atoms with E-state index in [0.717, 1.165) is 44.8 Å².